The molecule has 0 aliphatic carbocycles. The summed E-state index contributed by atoms with van der Waals surface area (Å²) >= 11 is 1.30. The second-order valence-electron chi connectivity index (χ2n) is 4.09. The molecule has 0 aliphatic heterocycles. The lowest BCUT2D eigenvalue weighted by Gasteiger charge is -2.07. The molecule has 0 fully saturated rings. The Morgan fingerprint density at radius 2 is 2.00 bits per heavy atom. The molecule has 1 aromatic carbocycles. The smallest absolute Gasteiger partial charge is 0.350 e. The Kier molecular flexibility index (Phi) is 3.76. The van der Waals surface area contributed by atoms with Crippen molar-refractivity contribution in [3.8, 4) is 16.2 Å². The molecule has 2 rings (SSSR count). The first-order valence-electron chi connectivity index (χ1n) is 5.69. The highest BCUT2D eigenvalue weighted by atomic mass is 32.1. The molecule has 0 saturated heterocycles. The highest BCUT2D eigenvalue weighted by Crippen LogP contribution is 2.38. The molecule has 0 saturated carbocycles. The number of esters is 1. The zero-order chi connectivity index (χ0) is 14.0. The number of hydrogen-bond donors (Lipinski definition) is 1. The Balaban J connectivity index is 2.53. The van der Waals surface area contributed by atoms with E-state index in [1.165, 1.54) is 18.4 Å². The number of benzene rings is 1. The standard InChI is InChI=1S/C14H15NO3S/c1-8-4-5-11(17-2)9(6-8)12-7-10(15)13(19-12)14(16)18-3/h4-7H,15H2,1-3H3. The molecule has 100 valence electrons. The summed E-state index contributed by atoms with van der Waals surface area (Å²) in [4.78, 5) is 12.9. The summed E-state index contributed by atoms with van der Waals surface area (Å²) in [5.41, 5.74) is 8.32. The fraction of sp³-hybridized carbons (Fsp3) is 0.214. The molecule has 5 heteroatoms. The highest BCUT2D eigenvalue weighted by Gasteiger charge is 2.17. The summed E-state index contributed by atoms with van der Waals surface area (Å²) in [6.07, 6.45) is 0. The number of rotatable bonds is 3. The van der Waals surface area contributed by atoms with Crippen LogP contribution in [0.3, 0.4) is 0 Å². The molecule has 0 bridgehead atoms. The minimum atomic E-state index is -0.416. The van der Waals surface area contributed by atoms with Crippen LogP contribution in [0, 0.1) is 6.92 Å². The molecule has 0 spiro atoms. The molecule has 1 aromatic heterocycles. The van der Waals surface area contributed by atoms with E-state index in [1.807, 2.05) is 25.1 Å². The van der Waals surface area contributed by atoms with Gasteiger partial charge in [-0.25, -0.2) is 4.79 Å². The quantitative estimate of drug-likeness (QED) is 0.876. The maximum absolute atomic E-state index is 11.6. The number of carbonyl (C=O) groups excluding carboxylic acids is 1. The third-order valence-electron chi connectivity index (χ3n) is 2.75. The predicted molar refractivity (Wildman–Crippen MR) is 76.8 cm³/mol. The molecule has 1 heterocycles. The van der Waals surface area contributed by atoms with Crippen molar-refractivity contribution in [1.82, 2.24) is 0 Å². The molecule has 4 nitrogen and oxygen atoms in total. The van der Waals surface area contributed by atoms with Gasteiger partial charge in [-0.1, -0.05) is 11.6 Å². The van der Waals surface area contributed by atoms with Gasteiger partial charge in [0.05, 0.1) is 19.9 Å². The molecule has 2 N–H and O–H groups in total. The molecular weight excluding hydrogens is 262 g/mol. The van der Waals surface area contributed by atoms with Gasteiger partial charge < -0.3 is 15.2 Å². The summed E-state index contributed by atoms with van der Waals surface area (Å²) in [5, 5.41) is 0. The average molecular weight is 277 g/mol. The third-order valence-corrected chi connectivity index (χ3v) is 3.92. The maximum atomic E-state index is 11.6. The van der Waals surface area contributed by atoms with Crippen molar-refractivity contribution < 1.29 is 14.3 Å². The molecule has 0 aliphatic rings. The zero-order valence-corrected chi connectivity index (χ0v) is 11.8. The van der Waals surface area contributed by atoms with Crippen molar-refractivity contribution in [3.63, 3.8) is 0 Å². The average Bonchev–Trinajstić information content (AvgIpc) is 2.79. The fourth-order valence-electron chi connectivity index (χ4n) is 1.80. The lowest BCUT2D eigenvalue weighted by Crippen LogP contribution is -2.00. The van der Waals surface area contributed by atoms with E-state index >= 15 is 0 Å². The van der Waals surface area contributed by atoms with Crippen LogP contribution in [0.25, 0.3) is 10.4 Å². The number of nitrogens with two attached hydrogens (primary N) is 1. The second-order valence-corrected chi connectivity index (χ2v) is 5.14. The number of methoxy groups -OCH3 is 2. The van der Waals surface area contributed by atoms with Crippen molar-refractivity contribution in [3.05, 3.63) is 34.7 Å². The van der Waals surface area contributed by atoms with Gasteiger partial charge in [0, 0.05) is 10.4 Å². The second kappa shape index (κ2) is 5.32. The Morgan fingerprint density at radius 1 is 1.26 bits per heavy atom. The van der Waals surface area contributed by atoms with Crippen molar-refractivity contribution in [2.75, 3.05) is 20.0 Å². The minimum Gasteiger partial charge on any atom is -0.496 e. The van der Waals surface area contributed by atoms with E-state index in [4.69, 9.17) is 15.2 Å². The van der Waals surface area contributed by atoms with Gasteiger partial charge in [-0.05, 0) is 25.1 Å². The number of nitrogen functional groups attached to an aromatic ring is 1. The molecule has 0 radical (unpaired) electrons. The number of hydrogen-bond acceptors (Lipinski definition) is 5. The number of thiophene rings is 1. The summed E-state index contributed by atoms with van der Waals surface area (Å²) in [6.45, 7) is 2.00. The maximum Gasteiger partial charge on any atom is 0.350 e. The minimum absolute atomic E-state index is 0.416. The number of anilines is 1. The highest BCUT2D eigenvalue weighted by molar-refractivity contribution is 7.18. The lowest BCUT2D eigenvalue weighted by atomic mass is 10.1. The van der Waals surface area contributed by atoms with Crippen LogP contribution in [0.4, 0.5) is 5.69 Å². The van der Waals surface area contributed by atoms with Crippen LogP contribution in [0.15, 0.2) is 24.3 Å². The topological polar surface area (TPSA) is 61.5 Å². The molecule has 2 aromatic rings. The first kappa shape index (κ1) is 13.4. The first-order chi connectivity index (χ1) is 9.06. The normalized spacial score (nSPS) is 10.3. The van der Waals surface area contributed by atoms with Crippen LogP contribution in [-0.4, -0.2) is 20.2 Å². The predicted octanol–water partition coefficient (Wildman–Crippen LogP) is 3.10. The van der Waals surface area contributed by atoms with E-state index in [2.05, 4.69) is 0 Å². The van der Waals surface area contributed by atoms with Crippen LogP contribution in [0.1, 0.15) is 15.2 Å². The van der Waals surface area contributed by atoms with Gasteiger partial charge in [-0.3, -0.25) is 0 Å². The number of ether oxygens (including phenoxy) is 2. The van der Waals surface area contributed by atoms with Crippen LogP contribution < -0.4 is 10.5 Å². The lowest BCUT2D eigenvalue weighted by molar-refractivity contribution is 0.0607. The Hall–Kier alpha value is -2.01. The molecule has 0 unspecified atom stereocenters. The molecular formula is C14H15NO3S. The Labute approximate surface area is 115 Å². The van der Waals surface area contributed by atoms with Crippen LogP contribution in [-0.2, 0) is 4.74 Å². The van der Waals surface area contributed by atoms with E-state index < -0.39 is 5.97 Å². The van der Waals surface area contributed by atoms with Gasteiger partial charge in [0.25, 0.3) is 0 Å². The monoisotopic (exact) mass is 277 g/mol. The van der Waals surface area contributed by atoms with Gasteiger partial charge in [0.15, 0.2) is 0 Å². The van der Waals surface area contributed by atoms with Gasteiger partial charge in [0.2, 0.25) is 0 Å². The summed E-state index contributed by atoms with van der Waals surface area (Å²) < 4.78 is 10.0. The Morgan fingerprint density at radius 3 is 2.63 bits per heavy atom. The van der Waals surface area contributed by atoms with Crippen molar-refractivity contribution in [2.24, 2.45) is 0 Å². The van der Waals surface area contributed by atoms with Crippen LogP contribution in [0.5, 0.6) is 5.75 Å². The van der Waals surface area contributed by atoms with E-state index in [0.717, 1.165) is 21.8 Å². The SMILES string of the molecule is COC(=O)c1sc(-c2cc(C)ccc2OC)cc1N. The summed E-state index contributed by atoms with van der Waals surface area (Å²) in [7, 11) is 2.96. The third kappa shape index (κ3) is 2.56. The van der Waals surface area contributed by atoms with E-state index in [0.29, 0.717) is 10.6 Å². The molecule has 0 amide bonds. The van der Waals surface area contributed by atoms with Crippen molar-refractivity contribution >= 4 is 23.0 Å². The summed E-state index contributed by atoms with van der Waals surface area (Å²) in [6, 6.07) is 7.65. The van der Waals surface area contributed by atoms with Crippen molar-refractivity contribution in [2.45, 2.75) is 6.92 Å². The van der Waals surface area contributed by atoms with Gasteiger partial charge in [-0.2, -0.15) is 0 Å². The molecule has 0 atom stereocenters. The van der Waals surface area contributed by atoms with Gasteiger partial charge >= 0.3 is 5.97 Å². The van der Waals surface area contributed by atoms with Crippen LogP contribution in [0.2, 0.25) is 0 Å². The number of carbonyl (C=O) groups is 1. The van der Waals surface area contributed by atoms with Gasteiger partial charge in [-0.15, -0.1) is 11.3 Å². The summed E-state index contributed by atoms with van der Waals surface area (Å²) in [5.74, 6) is 0.337. The number of aryl methyl sites for hydroxylation is 1. The fourth-order valence-corrected chi connectivity index (χ4v) is 2.82. The Bertz CT molecular complexity index is 619. The van der Waals surface area contributed by atoms with Gasteiger partial charge in [0.1, 0.15) is 10.6 Å². The first-order valence-corrected chi connectivity index (χ1v) is 6.51. The van der Waals surface area contributed by atoms with E-state index in [-0.39, 0.29) is 0 Å². The van der Waals surface area contributed by atoms with E-state index in [9.17, 15) is 4.79 Å². The van der Waals surface area contributed by atoms with Crippen molar-refractivity contribution in [1.29, 1.82) is 0 Å². The molecule has 19 heavy (non-hydrogen) atoms. The largest absolute Gasteiger partial charge is 0.496 e. The van der Waals surface area contributed by atoms with E-state index in [1.54, 1.807) is 13.2 Å². The zero-order valence-electron chi connectivity index (χ0n) is 11.0. The van der Waals surface area contributed by atoms with Crippen LogP contribution >= 0.6 is 11.3 Å².